The second kappa shape index (κ2) is 6.27. The van der Waals surface area contributed by atoms with E-state index in [1.54, 1.807) is 6.08 Å². The third-order valence-corrected chi connectivity index (χ3v) is 3.47. The van der Waals surface area contributed by atoms with Gasteiger partial charge in [0.25, 0.3) is 0 Å². The molecule has 110 valence electrons. The zero-order valence-electron chi connectivity index (χ0n) is 10.4. The van der Waals surface area contributed by atoms with E-state index in [1.807, 2.05) is 6.08 Å². The highest BCUT2D eigenvalue weighted by molar-refractivity contribution is 5.00. The summed E-state index contributed by atoms with van der Waals surface area (Å²) in [6, 6.07) is 0. The maximum atomic E-state index is 9.79. The molecule has 1 aliphatic heterocycles. The molecule has 0 saturated carbocycles. The highest BCUT2D eigenvalue weighted by Crippen LogP contribution is 2.25. The standard InChI is InChI=1S/C12H20O7/c13-5-8-9(15)10(16)11(17)12(19-8)18-7-4-2-1-3-6(7)14/h2,4,6-17H,1,3,5H2/t6-,7+,8+,9-,10-,11+,12-/m0/s1. The van der Waals surface area contributed by atoms with Crippen LogP contribution in [0.15, 0.2) is 12.2 Å². The Morgan fingerprint density at radius 1 is 1.11 bits per heavy atom. The Morgan fingerprint density at radius 3 is 2.47 bits per heavy atom. The van der Waals surface area contributed by atoms with Crippen LogP contribution in [0.5, 0.6) is 0 Å². The van der Waals surface area contributed by atoms with Gasteiger partial charge >= 0.3 is 0 Å². The van der Waals surface area contributed by atoms with Gasteiger partial charge in [-0.1, -0.05) is 12.2 Å². The van der Waals surface area contributed by atoms with Crippen molar-refractivity contribution in [2.24, 2.45) is 0 Å². The van der Waals surface area contributed by atoms with Crippen LogP contribution in [-0.4, -0.2) is 75.1 Å². The molecule has 0 amide bonds. The molecule has 1 aliphatic carbocycles. The Hall–Kier alpha value is -0.540. The number of hydrogen-bond acceptors (Lipinski definition) is 7. The fourth-order valence-corrected chi connectivity index (χ4v) is 2.26. The summed E-state index contributed by atoms with van der Waals surface area (Å²) < 4.78 is 10.6. The molecule has 5 N–H and O–H groups in total. The first-order valence-corrected chi connectivity index (χ1v) is 6.35. The molecule has 1 fully saturated rings. The van der Waals surface area contributed by atoms with E-state index in [1.165, 1.54) is 0 Å². The fourth-order valence-electron chi connectivity index (χ4n) is 2.26. The summed E-state index contributed by atoms with van der Waals surface area (Å²) >= 11 is 0. The van der Waals surface area contributed by atoms with Crippen LogP contribution in [0.3, 0.4) is 0 Å². The van der Waals surface area contributed by atoms with Crippen LogP contribution in [0, 0.1) is 0 Å². The third-order valence-electron chi connectivity index (χ3n) is 3.47. The maximum absolute atomic E-state index is 9.79. The van der Waals surface area contributed by atoms with Gasteiger partial charge in [0.2, 0.25) is 0 Å². The highest BCUT2D eigenvalue weighted by atomic mass is 16.7. The van der Waals surface area contributed by atoms with Crippen LogP contribution in [-0.2, 0) is 9.47 Å². The topological polar surface area (TPSA) is 120 Å². The molecule has 7 heteroatoms. The van der Waals surface area contributed by atoms with E-state index in [0.717, 1.165) is 6.42 Å². The second-order valence-corrected chi connectivity index (χ2v) is 4.87. The minimum atomic E-state index is -1.47. The van der Waals surface area contributed by atoms with E-state index in [-0.39, 0.29) is 0 Å². The lowest BCUT2D eigenvalue weighted by Crippen LogP contribution is -2.60. The third kappa shape index (κ3) is 3.14. The van der Waals surface area contributed by atoms with Crippen LogP contribution in [0.2, 0.25) is 0 Å². The van der Waals surface area contributed by atoms with Gasteiger partial charge in [-0.2, -0.15) is 0 Å². The van der Waals surface area contributed by atoms with E-state index in [4.69, 9.17) is 14.6 Å². The summed E-state index contributed by atoms with van der Waals surface area (Å²) in [5.74, 6) is 0. The molecule has 1 saturated heterocycles. The summed E-state index contributed by atoms with van der Waals surface area (Å²) in [5.41, 5.74) is 0. The molecule has 19 heavy (non-hydrogen) atoms. The Morgan fingerprint density at radius 2 is 1.84 bits per heavy atom. The minimum absolute atomic E-state index is 0.506. The molecule has 0 spiro atoms. The number of aliphatic hydroxyl groups is 5. The molecule has 0 radical (unpaired) electrons. The monoisotopic (exact) mass is 276 g/mol. The van der Waals surface area contributed by atoms with Crippen molar-refractivity contribution in [2.75, 3.05) is 6.61 Å². The Balaban J connectivity index is 2.02. The molecule has 7 atom stereocenters. The first-order valence-electron chi connectivity index (χ1n) is 6.35. The first kappa shape index (κ1) is 14.9. The average molecular weight is 276 g/mol. The average Bonchev–Trinajstić information content (AvgIpc) is 2.41. The zero-order valence-corrected chi connectivity index (χ0v) is 10.4. The molecule has 0 bridgehead atoms. The lowest BCUT2D eigenvalue weighted by molar-refractivity contribution is -0.312. The van der Waals surface area contributed by atoms with Crippen molar-refractivity contribution >= 4 is 0 Å². The van der Waals surface area contributed by atoms with E-state index in [2.05, 4.69) is 0 Å². The fraction of sp³-hybridized carbons (Fsp3) is 0.833. The Kier molecular flexibility index (Phi) is 4.91. The maximum Gasteiger partial charge on any atom is 0.187 e. The second-order valence-electron chi connectivity index (χ2n) is 4.87. The molecule has 2 rings (SSSR count). The van der Waals surface area contributed by atoms with Crippen molar-refractivity contribution in [2.45, 2.75) is 55.8 Å². The zero-order chi connectivity index (χ0) is 14.0. The van der Waals surface area contributed by atoms with Crippen molar-refractivity contribution in [3.63, 3.8) is 0 Å². The van der Waals surface area contributed by atoms with Crippen LogP contribution >= 0.6 is 0 Å². The summed E-state index contributed by atoms with van der Waals surface area (Å²) in [5, 5.41) is 47.8. The molecule has 1 heterocycles. The van der Waals surface area contributed by atoms with Gasteiger partial charge in [0, 0.05) is 0 Å². The van der Waals surface area contributed by atoms with Crippen LogP contribution in [0.1, 0.15) is 12.8 Å². The summed E-state index contributed by atoms with van der Waals surface area (Å²) in [7, 11) is 0. The SMILES string of the molecule is OC[C@H]1O[C@H](O[C@@H]2C=CCC[C@@H]2O)[C@H](O)[C@@H](O)[C@H]1O. The molecule has 0 aromatic rings. The van der Waals surface area contributed by atoms with Gasteiger partial charge in [0.05, 0.1) is 12.7 Å². The predicted molar refractivity (Wildman–Crippen MR) is 63.0 cm³/mol. The van der Waals surface area contributed by atoms with Crippen LogP contribution in [0.25, 0.3) is 0 Å². The number of hydrogen-bond donors (Lipinski definition) is 5. The van der Waals surface area contributed by atoms with Gasteiger partial charge in [-0.15, -0.1) is 0 Å². The number of aliphatic hydroxyl groups excluding tert-OH is 5. The van der Waals surface area contributed by atoms with E-state index in [9.17, 15) is 20.4 Å². The van der Waals surface area contributed by atoms with E-state index < -0.39 is 49.5 Å². The molecular formula is C12H20O7. The molecule has 2 aliphatic rings. The van der Waals surface area contributed by atoms with E-state index in [0.29, 0.717) is 6.42 Å². The summed E-state index contributed by atoms with van der Waals surface area (Å²) in [6.45, 7) is -0.506. The van der Waals surface area contributed by atoms with Crippen LogP contribution in [0.4, 0.5) is 0 Å². The normalized spacial score (nSPS) is 47.3. The summed E-state index contributed by atoms with van der Waals surface area (Å²) in [6.07, 6.45) is -3.10. The van der Waals surface area contributed by atoms with Gasteiger partial charge in [-0.3, -0.25) is 0 Å². The first-order chi connectivity index (χ1) is 9.04. The largest absolute Gasteiger partial charge is 0.394 e. The lowest BCUT2D eigenvalue weighted by atomic mass is 9.98. The van der Waals surface area contributed by atoms with Gasteiger partial charge in [0.15, 0.2) is 6.29 Å². The van der Waals surface area contributed by atoms with Gasteiger partial charge in [-0.25, -0.2) is 0 Å². The summed E-state index contributed by atoms with van der Waals surface area (Å²) in [4.78, 5) is 0. The predicted octanol–water partition coefficient (Wildman–Crippen LogP) is -2.12. The van der Waals surface area contributed by atoms with Gasteiger partial charge < -0.3 is 35.0 Å². The van der Waals surface area contributed by atoms with Crippen LogP contribution < -0.4 is 0 Å². The highest BCUT2D eigenvalue weighted by Gasteiger charge is 2.45. The van der Waals surface area contributed by atoms with Crippen molar-refractivity contribution in [3.8, 4) is 0 Å². The van der Waals surface area contributed by atoms with Gasteiger partial charge in [0.1, 0.15) is 30.5 Å². The molecule has 0 aromatic heterocycles. The smallest absolute Gasteiger partial charge is 0.187 e. The van der Waals surface area contributed by atoms with E-state index >= 15 is 0 Å². The number of ether oxygens (including phenoxy) is 2. The van der Waals surface area contributed by atoms with Crippen molar-refractivity contribution in [1.29, 1.82) is 0 Å². The van der Waals surface area contributed by atoms with Crippen molar-refractivity contribution in [3.05, 3.63) is 12.2 Å². The lowest BCUT2D eigenvalue weighted by Gasteiger charge is -2.41. The number of rotatable bonds is 3. The quantitative estimate of drug-likeness (QED) is 0.374. The molecular weight excluding hydrogens is 256 g/mol. The number of allylic oxidation sites excluding steroid dienone is 1. The Bertz CT molecular complexity index is 319. The van der Waals surface area contributed by atoms with Gasteiger partial charge in [-0.05, 0) is 12.8 Å². The Labute approximate surface area is 110 Å². The van der Waals surface area contributed by atoms with Crippen molar-refractivity contribution < 1.29 is 35.0 Å². The van der Waals surface area contributed by atoms with Crippen molar-refractivity contribution in [1.82, 2.24) is 0 Å². The molecule has 0 unspecified atom stereocenters. The molecule has 7 nitrogen and oxygen atoms in total. The minimum Gasteiger partial charge on any atom is -0.394 e. The molecule has 0 aromatic carbocycles.